The van der Waals surface area contributed by atoms with Crippen molar-refractivity contribution in [2.75, 3.05) is 20.1 Å². The Morgan fingerprint density at radius 1 is 1.18 bits per heavy atom. The van der Waals surface area contributed by atoms with Crippen LogP contribution < -0.4 is 11.1 Å². The van der Waals surface area contributed by atoms with Crippen molar-refractivity contribution in [1.82, 2.24) is 10.2 Å². The first-order valence-electron chi connectivity index (χ1n) is 7.74. The molecule has 22 heavy (non-hydrogen) atoms. The van der Waals surface area contributed by atoms with E-state index < -0.39 is 6.04 Å². The molecule has 0 aromatic rings. The quantitative estimate of drug-likeness (QED) is 0.712. The summed E-state index contributed by atoms with van der Waals surface area (Å²) in [6.07, 6.45) is 0.439. The summed E-state index contributed by atoms with van der Waals surface area (Å²) in [5, 5.41) is 2.87. The monoisotopic (exact) mass is 335 g/mol. The van der Waals surface area contributed by atoms with Crippen molar-refractivity contribution in [3.8, 4) is 0 Å². The maximum Gasteiger partial charge on any atom is 0.245 e. The Morgan fingerprint density at radius 2 is 1.68 bits per heavy atom. The Bertz CT molecular complexity index is 357. The average Bonchev–Trinajstić information content (AvgIpc) is 2.33. The van der Waals surface area contributed by atoms with E-state index in [4.69, 9.17) is 5.73 Å². The van der Waals surface area contributed by atoms with Crippen LogP contribution in [0.1, 0.15) is 48.0 Å². The summed E-state index contributed by atoms with van der Waals surface area (Å²) in [4.78, 5) is 26.2. The van der Waals surface area contributed by atoms with Crippen molar-refractivity contribution in [2.24, 2.45) is 23.0 Å². The predicted octanol–water partition coefficient (Wildman–Crippen LogP) is 2.04. The van der Waals surface area contributed by atoms with Crippen LogP contribution in [0.5, 0.6) is 0 Å². The smallest absolute Gasteiger partial charge is 0.245 e. The molecule has 3 N–H and O–H groups in total. The minimum atomic E-state index is -0.477. The summed E-state index contributed by atoms with van der Waals surface area (Å²) < 4.78 is 0. The third-order valence-corrected chi connectivity index (χ3v) is 3.44. The zero-order valence-corrected chi connectivity index (χ0v) is 15.9. The second kappa shape index (κ2) is 10.1. The molecule has 0 bridgehead atoms. The minimum absolute atomic E-state index is 0. The Morgan fingerprint density at radius 3 is 2.05 bits per heavy atom. The van der Waals surface area contributed by atoms with Crippen LogP contribution in [0.15, 0.2) is 0 Å². The highest BCUT2D eigenvalue weighted by Crippen LogP contribution is 2.16. The molecule has 2 amide bonds. The molecule has 0 aromatic heterocycles. The zero-order valence-electron chi connectivity index (χ0n) is 15.1. The van der Waals surface area contributed by atoms with Crippen LogP contribution in [0.25, 0.3) is 0 Å². The molecule has 1 unspecified atom stereocenters. The van der Waals surface area contributed by atoms with Gasteiger partial charge >= 0.3 is 0 Å². The van der Waals surface area contributed by atoms with Crippen molar-refractivity contribution in [1.29, 1.82) is 0 Å². The van der Waals surface area contributed by atoms with Crippen molar-refractivity contribution >= 4 is 24.2 Å². The van der Waals surface area contributed by atoms with Gasteiger partial charge in [0.1, 0.15) is 6.04 Å². The maximum atomic E-state index is 12.6. The van der Waals surface area contributed by atoms with Gasteiger partial charge < -0.3 is 16.0 Å². The van der Waals surface area contributed by atoms with Gasteiger partial charge in [-0.1, -0.05) is 41.5 Å². The second-order valence-electron chi connectivity index (χ2n) is 7.45. The molecule has 0 aromatic carbocycles. The van der Waals surface area contributed by atoms with Gasteiger partial charge in [-0.3, -0.25) is 9.59 Å². The van der Waals surface area contributed by atoms with Gasteiger partial charge in [0.2, 0.25) is 11.8 Å². The van der Waals surface area contributed by atoms with Gasteiger partial charge in [-0.15, -0.1) is 12.4 Å². The van der Waals surface area contributed by atoms with E-state index in [-0.39, 0.29) is 41.5 Å². The number of hydrogen-bond acceptors (Lipinski definition) is 3. The lowest BCUT2D eigenvalue weighted by atomic mass is 9.92. The highest BCUT2D eigenvalue weighted by atomic mass is 35.5. The fourth-order valence-corrected chi connectivity index (χ4v) is 2.14. The molecule has 0 aliphatic heterocycles. The number of nitrogens with two attached hydrogens (primary N) is 1. The van der Waals surface area contributed by atoms with Gasteiger partial charge in [0.25, 0.3) is 0 Å². The van der Waals surface area contributed by atoms with E-state index >= 15 is 0 Å². The molecule has 0 aliphatic rings. The van der Waals surface area contributed by atoms with Crippen molar-refractivity contribution in [3.63, 3.8) is 0 Å². The van der Waals surface area contributed by atoms with Crippen LogP contribution in [-0.4, -0.2) is 42.9 Å². The number of halogens is 1. The fourth-order valence-electron chi connectivity index (χ4n) is 2.14. The van der Waals surface area contributed by atoms with Crippen LogP contribution in [0.4, 0.5) is 0 Å². The van der Waals surface area contributed by atoms with Crippen molar-refractivity contribution in [2.45, 2.75) is 54.0 Å². The molecule has 132 valence electrons. The Balaban J connectivity index is 0. The SMILES string of the molecule is CC(C)CC(=O)NC(C(=O)N(C)CC(C)(C)CN)C(C)C.Cl. The molecule has 1 atom stereocenters. The number of nitrogens with zero attached hydrogens (tertiary/aromatic N) is 1. The van der Waals surface area contributed by atoms with E-state index in [2.05, 4.69) is 5.32 Å². The largest absolute Gasteiger partial charge is 0.344 e. The van der Waals surface area contributed by atoms with Gasteiger partial charge in [-0.05, 0) is 23.8 Å². The molecule has 0 radical (unpaired) electrons. The van der Waals surface area contributed by atoms with Gasteiger partial charge in [0.15, 0.2) is 0 Å². The van der Waals surface area contributed by atoms with Gasteiger partial charge in [-0.2, -0.15) is 0 Å². The van der Waals surface area contributed by atoms with Gasteiger partial charge in [0, 0.05) is 20.0 Å². The molecule has 5 nitrogen and oxygen atoms in total. The van der Waals surface area contributed by atoms with E-state index in [1.165, 1.54) is 0 Å². The normalized spacial score (nSPS) is 12.8. The standard InChI is InChI=1S/C16H33N3O2.ClH/c1-11(2)8-13(20)18-14(12(3)4)15(21)19(7)10-16(5,6)9-17;/h11-12,14H,8-10,17H2,1-7H3,(H,18,20);1H. The third-order valence-electron chi connectivity index (χ3n) is 3.44. The number of nitrogens with one attached hydrogen (secondary N) is 1. The highest BCUT2D eigenvalue weighted by molar-refractivity contribution is 5.87. The summed E-state index contributed by atoms with van der Waals surface area (Å²) in [6, 6.07) is -0.477. The zero-order chi connectivity index (χ0) is 16.8. The third kappa shape index (κ3) is 8.59. The number of amides is 2. The van der Waals surface area contributed by atoms with Crippen molar-refractivity contribution < 1.29 is 9.59 Å². The molecule has 0 fully saturated rings. The fraction of sp³-hybridized carbons (Fsp3) is 0.875. The topological polar surface area (TPSA) is 75.4 Å². The molecule has 0 rings (SSSR count). The predicted molar refractivity (Wildman–Crippen MR) is 93.9 cm³/mol. The molecule has 0 spiro atoms. The lowest BCUT2D eigenvalue weighted by molar-refractivity contribution is -0.137. The first-order valence-corrected chi connectivity index (χ1v) is 7.74. The Labute approximate surface area is 141 Å². The van der Waals surface area contributed by atoms with E-state index in [1.807, 2.05) is 41.5 Å². The second-order valence-corrected chi connectivity index (χ2v) is 7.45. The summed E-state index contributed by atoms with van der Waals surface area (Å²) in [6.45, 7) is 13.0. The molecule has 0 aliphatic carbocycles. The summed E-state index contributed by atoms with van der Waals surface area (Å²) in [7, 11) is 1.77. The summed E-state index contributed by atoms with van der Waals surface area (Å²) in [5.41, 5.74) is 5.59. The molecule has 0 saturated carbocycles. The Kier molecular flexibility index (Phi) is 10.7. The number of carbonyl (C=O) groups is 2. The molecular formula is C16H34ClN3O2. The summed E-state index contributed by atoms with van der Waals surface area (Å²) >= 11 is 0. The van der Waals surface area contributed by atoms with Gasteiger partial charge in [0.05, 0.1) is 0 Å². The van der Waals surface area contributed by atoms with E-state index in [9.17, 15) is 9.59 Å². The number of carbonyl (C=O) groups excluding carboxylic acids is 2. The average molecular weight is 336 g/mol. The van der Waals surface area contributed by atoms with Crippen LogP contribution in [0.3, 0.4) is 0 Å². The first-order chi connectivity index (χ1) is 9.50. The Hall–Kier alpha value is -0.810. The minimum Gasteiger partial charge on any atom is -0.344 e. The molecule has 6 heteroatoms. The van der Waals surface area contributed by atoms with E-state index in [0.29, 0.717) is 19.5 Å². The van der Waals surface area contributed by atoms with Crippen LogP contribution in [-0.2, 0) is 9.59 Å². The highest BCUT2D eigenvalue weighted by Gasteiger charge is 2.29. The van der Waals surface area contributed by atoms with Gasteiger partial charge in [-0.25, -0.2) is 0 Å². The molecule has 0 heterocycles. The van der Waals surface area contributed by atoms with Crippen LogP contribution in [0.2, 0.25) is 0 Å². The lowest BCUT2D eigenvalue weighted by Crippen LogP contribution is -2.52. The number of hydrogen-bond donors (Lipinski definition) is 2. The molecular weight excluding hydrogens is 302 g/mol. The number of likely N-dealkylation sites (N-methyl/N-ethyl adjacent to an activating group) is 1. The van der Waals surface area contributed by atoms with E-state index in [1.54, 1.807) is 11.9 Å². The van der Waals surface area contributed by atoms with Crippen LogP contribution >= 0.6 is 12.4 Å². The van der Waals surface area contributed by atoms with Crippen LogP contribution in [0, 0.1) is 17.3 Å². The van der Waals surface area contributed by atoms with Crippen molar-refractivity contribution in [3.05, 3.63) is 0 Å². The van der Waals surface area contributed by atoms with E-state index in [0.717, 1.165) is 0 Å². The maximum absolute atomic E-state index is 12.6. The summed E-state index contributed by atoms with van der Waals surface area (Å²) in [5.74, 6) is 0.214. The lowest BCUT2D eigenvalue weighted by Gasteiger charge is -2.33. The number of rotatable bonds is 8. The molecule has 0 saturated heterocycles. The first kappa shape index (κ1) is 23.5.